The third-order valence-electron chi connectivity index (χ3n) is 4.62. The van der Waals surface area contributed by atoms with Crippen LogP contribution in [0, 0.1) is 12.8 Å². The average molecular weight is 349 g/mol. The Hall–Kier alpha value is -2.95. The van der Waals surface area contributed by atoms with Crippen molar-refractivity contribution in [2.75, 3.05) is 11.4 Å². The first-order valence-electron chi connectivity index (χ1n) is 8.85. The van der Waals surface area contributed by atoms with Gasteiger partial charge in [-0.2, -0.15) is 5.10 Å². The SMILES string of the molecule is CCc1ccc(/C=N/NC(=O)[C@@H]2CC(=O)N(c3ccc(C)cc3)C2)cc1. The monoisotopic (exact) mass is 349 g/mol. The van der Waals surface area contributed by atoms with E-state index in [9.17, 15) is 9.59 Å². The number of nitrogens with one attached hydrogen (secondary N) is 1. The highest BCUT2D eigenvalue weighted by Gasteiger charge is 2.35. The number of hydrogen-bond acceptors (Lipinski definition) is 3. The fourth-order valence-electron chi connectivity index (χ4n) is 2.96. The van der Waals surface area contributed by atoms with Crippen LogP contribution in [0.1, 0.15) is 30.0 Å². The van der Waals surface area contributed by atoms with E-state index in [1.54, 1.807) is 11.1 Å². The van der Waals surface area contributed by atoms with E-state index in [0.717, 1.165) is 23.2 Å². The number of aryl methyl sites for hydroxylation is 2. The zero-order valence-electron chi connectivity index (χ0n) is 15.1. The topological polar surface area (TPSA) is 61.8 Å². The molecule has 26 heavy (non-hydrogen) atoms. The first kappa shape index (κ1) is 17.9. The van der Waals surface area contributed by atoms with Crippen molar-refractivity contribution in [3.63, 3.8) is 0 Å². The van der Waals surface area contributed by atoms with Gasteiger partial charge in [-0.25, -0.2) is 5.43 Å². The predicted octanol–water partition coefficient (Wildman–Crippen LogP) is 3.06. The Morgan fingerprint density at radius 1 is 1.19 bits per heavy atom. The Labute approximate surface area is 153 Å². The maximum Gasteiger partial charge on any atom is 0.245 e. The normalized spacial score (nSPS) is 17.1. The third-order valence-corrected chi connectivity index (χ3v) is 4.62. The summed E-state index contributed by atoms with van der Waals surface area (Å²) in [5, 5.41) is 4.02. The van der Waals surface area contributed by atoms with Gasteiger partial charge in [0, 0.05) is 18.7 Å². The molecule has 1 fully saturated rings. The molecule has 5 heteroatoms. The summed E-state index contributed by atoms with van der Waals surface area (Å²) in [7, 11) is 0. The summed E-state index contributed by atoms with van der Waals surface area (Å²) in [4.78, 5) is 26.2. The smallest absolute Gasteiger partial charge is 0.245 e. The first-order valence-corrected chi connectivity index (χ1v) is 8.85. The molecule has 2 amide bonds. The fourth-order valence-corrected chi connectivity index (χ4v) is 2.96. The molecule has 2 aromatic rings. The van der Waals surface area contributed by atoms with Gasteiger partial charge in [-0.15, -0.1) is 0 Å². The second-order valence-corrected chi connectivity index (χ2v) is 6.57. The molecule has 0 bridgehead atoms. The molecule has 0 aromatic heterocycles. The maximum atomic E-state index is 12.3. The summed E-state index contributed by atoms with van der Waals surface area (Å²) in [6.45, 7) is 4.49. The molecule has 3 rings (SSSR count). The zero-order valence-corrected chi connectivity index (χ0v) is 15.1. The molecule has 0 aliphatic carbocycles. The van der Waals surface area contributed by atoms with E-state index in [2.05, 4.69) is 17.5 Å². The van der Waals surface area contributed by atoms with Crippen LogP contribution in [0.2, 0.25) is 0 Å². The number of rotatable bonds is 5. The van der Waals surface area contributed by atoms with Gasteiger partial charge < -0.3 is 4.90 Å². The minimum Gasteiger partial charge on any atom is -0.312 e. The molecular formula is C21H23N3O2. The highest BCUT2D eigenvalue weighted by molar-refractivity contribution is 6.00. The number of carbonyl (C=O) groups is 2. The summed E-state index contributed by atoms with van der Waals surface area (Å²) < 4.78 is 0. The van der Waals surface area contributed by atoms with Gasteiger partial charge in [0.2, 0.25) is 11.8 Å². The molecule has 1 saturated heterocycles. The Morgan fingerprint density at radius 2 is 1.88 bits per heavy atom. The number of amides is 2. The quantitative estimate of drug-likeness (QED) is 0.666. The van der Waals surface area contributed by atoms with Crippen molar-refractivity contribution in [1.82, 2.24) is 5.43 Å². The summed E-state index contributed by atoms with van der Waals surface area (Å²) in [6.07, 6.45) is 2.81. The lowest BCUT2D eigenvalue weighted by molar-refractivity contribution is -0.126. The van der Waals surface area contributed by atoms with Gasteiger partial charge in [0.15, 0.2) is 0 Å². The molecule has 1 heterocycles. The first-order chi connectivity index (χ1) is 12.6. The van der Waals surface area contributed by atoms with E-state index >= 15 is 0 Å². The van der Waals surface area contributed by atoms with Gasteiger partial charge >= 0.3 is 0 Å². The molecule has 2 aromatic carbocycles. The van der Waals surface area contributed by atoms with Crippen LogP contribution in [0.15, 0.2) is 53.6 Å². The third kappa shape index (κ3) is 4.17. The van der Waals surface area contributed by atoms with Gasteiger partial charge in [0.1, 0.15) is 0 Å². The van der Waals surface area contributed by atoms with Gasteiger partial charge in [0.25, 0.3) is 0 Å². The lowest BCUT2D eigenvalue weighted by Crippen LogP contribution is -2.30. The number of anilines is 1. The predicted molar refractivity (Wildman–Crippen MR) is 103 cm³/mol. The van der Waals surface area contributed by atoms with Crippen LogP contribution in [-0.4, -0.2) is 24.6 Å². The Kier molecular flexibility index (Phi) is 5.46. The summed E-state index contributed by atoms with van der Waals surface area (Å²) in [5.74, 6) is -0.647. The molecular weight excluding hydrogens is 326 g/mol. The van der Waals surface area contributed by atoms with Crippen molar-refractivity contribution in [3.05, 3.63) is 65.2 Å². The molecule has 0 unspecified atom stereocenters. The van der Waals surface area contributed by atoms with Crippen molar-refractivity contribution in [2.24, 2.45) is 11.0 Å². The molecule has 1 N–H and O–H groups in total. The van der Waals surface area contributed by atoms with E-state index in [1.165, 1.54) is 5.56 Å². The highest BCUT2D eigenvalue weighted by Crippen LogP contribution is 2.25. The van der Waals surface area contributed by atoms with E-state index in [1.807, 2.05) is 55.5 Å². The molecule has 1 aliphatic rings. The lowest BCUT2D eigenvalue weighted by Gasteiger charge is -2.16. The van der Waals surface area contributed by atoms with Crippen molar-refractivity contribution in [2.45, 2.75) is 26.7 Å². The molecule has 5 nitrogen and oxygen atoms in total. The minimum atomic E-state index is -0.386. The van der Waals surface area contributed by atoms with Crippen LogP contribution in [0.25, 0.3) is 0 Å². The molecule has 0 saturated carbocycles. The highest BCUT2D eigenvalue weighted by atomic mass is 16.2. The van der Waals surface area contributed by atoms with Crippen molar-refractivity contribution in [3.8, 4) is 0 Å². The zero-order chi connectivity index (χ0) is 18.5. The van der Waals surface area contributed by atoms with Crippen LogP contribution in [0.3, 0.4) is 0 Å². The molecule has 1 atom stereocenters. The molecule has 0 spiro atoms. The van der Waals surface area contributed by atoms with Crippen LogP contribution in [0.4, 0.5) is 5.69 Å². The van der Waals surface area contributed by atoms with Gasteiger partial charge in [-0.3, -0.25) is 9.59 Å². The molecule has 1 aliphatic heterocycles. The Balaban J connectivity index is 1.57. The standard InChI is InChI=1S/C21H23N3O2/c1-3-16-6-8-17(9-7-16)13-22-23-21(26)18-12-20(25)24(14-18)19-10-4-15(2)5-11-19/h4-11,13,18H,3,12,14H2,1-2H3,(H,23,26)/b22-13+/t18-/m1/s1. The van der Waals surface area contributed by atoms with Crippen molar-refractivity contribution in [1.29, 1.82) is 0 Å². The molecule has 0 radical (unpaired) electrons. The van der Waals surface area contributed by atoms with E-state index in [0.29, 0.717) is 6.54 Å². The summed E-state index contributed by atoms with van der Waals surface area (Å²) in [5.41, 5.74) is 6.70. The summed E-state index contributed by atoms with van der Waals surface area (Å²) in [6, 6.07) is 15.8. The maximum absolute atomic E-state index is 12.3. The van der Waals surface area contributed by atoms with Gasteiger partial charge in [-0.1, -0.05) is 48.9 Å². The van der Waals surface area contributed by atoms with Crippen molar-refractivity contribution >= 4 is 23.7 Å². The minimum absolute atomic E-state index is 0.0341. The van der Waals surface area contributed by atoms with Gasteiger partial charge in [0.05, 0.1) is 12.1 Å². The van der Waals surface area contributed by atoms with E-state index < -0.39 is 0 Å². The second-order valence-electron chi connectivity index (χ2n) is 6.57. The Bertz CT molecular complexity index is 810. The average Bonchev–Trinajstić information content (AvgIpc) is 3.05. The number of hydrogen-bond donors (Lipinski definition) is 1. The largest absolute Gasteiger partial charge is 0.312 e. The van der Waals surface area contributed by atoms with E-state index in [4.69, 9.17) is 0 Å². The van der Waals surface area contributed by atoms with Crippen LogP contribution in [-0.2, 0) is 16.0 Å². The van der Waals surface area contributed by atoms with Crippen LogP contribution < -0.4 is 10.3 Å². The Morgan fingerprint density at radius 3 is 2.54 bits per heavy atom. The lowest BCUT2D eigenvalue weighted by atomic mass is 10.1. The number of nitrogens with zero attached hydrogens (tertiary/aromatic N) is 2. The van der Waals surface area contributed by atoms with E-state index in [-0.39, 0.29) is 24.2 Å². The second kappa shape index (κ2) is 7.95. The van der Waals surface area contributed by atoms with Gasteiger partial charge in [-0.05, 0) is 36.6 Å². The number of benzene rings is 2. The van der Waals surface area contributed by atoms with Crippen LogP contribution >= 0.6 is 0 Å². The van der Waals surface area contributed by atoms with Crippen molar-refractivity contribution < 1.29 is 9.59 Å². The summed E-state index contributed by atoms with van der Waals surface area (Å²) >= 11 is 0. The number of hydrazone groups is 1. The fraction of sp³-hybridized carbons (Fsp3) is 0.286. The number of carbonyl (C=O) groups excluding carboxylic acids is 2. The van der Waals surface area contributed by atoms with Crippen LogP contribution in [0.5, 0.6) is 0 Å². The molecule has 134 valence electrons.